The lowest BCUT2D eigenvalue weighted by atomic mass is 10.2. The van der Waals surface area contributed by atoms with Crippen LogP contribution in [0.3, 0.4) is 0 Å². The molecule has 1 heterocycles. The number of carbonyl (C=O) groups excluding carboxylic acids is 1. The molecule has 0 fully saturated rings. The maximum atomic E-state index is 12.6. The van der Waals surface area contributed by atoms with Gasteiger partial charge < -0.3 is 4.74 Å². The van der Waals surface area contributed by atoms with Crippen LogP contribution in [0.4, 0.5) is 8.78 Å². The smallest absolute Gasteiger partial charge is 0.311 e. The lowest BCUT2D eigenvalue weighted by Gasteiger charge is -2.09. The molecule has 0 aromatic carbocycles. The summed E-state index contributed by atoms with van der Waals surface area (Å²) in [4.78, 5) is 15.1. The number of alkyl halides is 2. The van der Waals surface area contributed by atoms with E-state index in [1.807, 2.05) is 0 Å². The van der Waals surface area contributed by atoms with Gasteiger partial charge in [0.2, 0.25) is 0 Å². The number of carbonyl (C=O) groups is 1. The zero-order chi connectivity index (χ0) is 13.0. The molecule has 0 spiro atoms. The summed E-state index contributed by atoms with van der Waals surface area (Å²) in [6.07, 6.45) is -2.95. The number of nitrogens with zero attached hydrogens (tertiary/aromatic N) is 1. The average molecular weight is 329 g/mol. The van der Waals surface area contributed by atoms with Gasteiger partial charge >= 0.3 is 5.97 Å². The van der Waals surface area contributed by atoms with E-state index in [1.54, 1.807) is 6.92 Å². The molecule has 0 saturated carbocycles. The molecule has 0 N–H and O–H groups in total. The van der Waals surface area contributed by atoms with E-state index in [9.17, 15) is 13.6 Å². The molecule has 0 amide bonds. The number of rotatable bonds is 4. The summed E-state index contributed by atoms with van der Waals surface area (Å²) in [6, 6.07) is 1.13. The van der Waals surface area contributed by atoms with Crippen molar-refractivity contribution in [1.29, 1.82) is 0 Å². The molecule has 17 heavy (non-hydrogen) atoms. The molecule has 94 valence electrons. The summed E-state index contributed by atoms with van der Waals surface area (Å²) in [7, 11) is 0. The topological polar surface area (TPSA) is 39.2 Å². The monoisotopic (exact) mass is 327 g/mol. The van der Waals surface area contributed by atoms with Crippen LogP contribution in [0, 0.1) is 0 Å². The molecule has 1 aromatic rings. The molecule has 0 aliphatic heterocycles. The van der Waals surface area contributed by atoms with Crippen molar-refractivity contribution in [2.45, 2.75) is 19.8 Å². The third kappa shape index (κ3) is 3.89. The summed E-state index contributed by atoms with van der Waals surface area (Å²) in [5, 5.41) is -0.198. The van der Waals surface area contributed by atoms with Crippen molar-refractivity contribution in [1.82, 2.24) is 4.98 Å². The van der Waals surface area contributed by atoms with Crippen LogP contribution in [0.15, 0.2) is 10.7 Å². The van der Waals surface area contributed by atoms with Gasteiger partial charge in [0.05, 0.1) is 23.7 Å². The molecule has 1 aromatic heterocycles. The minimum Gasteiger partial charge on any atom is -0.466 e. The molecule has 0 aliphatic carbocycles. The molecule has 0 radical (unpaired) electrons. The van der Waals surface area contributed by atoms with Crippen molar-refractivity contribution < 1.29 is 18.3 Å². The van der Waals surface area contributed by atoms with E-state index >= 15 is 0 Å². The predicted octanol–water partition coefficient (Wildman–Crippen LogP) is 3.54. The number of ether oxygens (including phenoxy) is 1. The molecule has 3 nitrogen and oxygen atoms in total. The van der Waals surface area contributed by atoms with Crippen LogP contribution in [0.1, 0.15) is 24.6 Å². The largest absolute Gasteiger partial charge is 0.466 e. The first-order valence-electron chi connectivity index (χ1n) is 4.74. The Morgan fingerprint density at radius 3 is 2.82 bits per heavy atom. The van der Waals surface area contributed by atoms with Crippen molar-refractivity contribution in [2.75, 3.05) is 6.61 Å². The highest BCUT2D eigenvalue weighted by Crippen LogP contribution is 2.31. The van der Waals surface area contributed by atoms with Gasteiger partial charge in [0, 0.05) is 5.56 Å². The number of aromatic nitrogens is 1. The predicted molar refractivity (Wildman–Crippen MR) is 62.2 cm³/mol. The third-order valence-electron chi connectivity index (χ3n) is 1.88. The van der Waals surface area contributed by atoms with Gasteiger partial charge in [-0.1, -0.05) is 11.6 Å². The van der Waals surface area contributed by atoms with Crippen molar-refractivity contribution in [3.05, 3.63) is 26.9 Å². The fraction of sp³-hybridized carbons (Fsp3) is 0.400. The third-order valence-corrected chi connectivity index (χ3v) is 2.72. The molecule has 0 saturated heterocycles. The first-order chi connectivity index (χ1) is 7.95. The molecule has 0 bridgehead atoms. The van der Waals surface area contributed by atoms with Crippen LogP contribution < -0.4 is 0 Å². The number of halogens is 4. The second-order valence-electron chi connectivity index (χ2n) is 3.08. The van der Waals surface area contributed by atoms with E-state index in [-0.39, 0.29) is 33.9 Å². The highest BCUT2D eigenvalue weighted by atomic mass is 79.9. The standard InChI is InChI=1S/C10H9BrClF2NO2/c1-2-17-8(16)4-6-9(12)5(10(13)14)3-7(11)15-6/h3,10H,2,4H2,1H3. The highest BCUT2D eigenvalue weighted by Gasteiger charge is 2.19. The zero-order valence-corrected chi connectivity index (χ0v) is 11.2. The number of hydrogen-bond donors (Lipinski definition) is 0. The fourth-order valence-electron chi connectivity index (χ4n) is 1.19. The Balaban J connectivity index is 3.03. The van der Waals surface area contributed by atoms with Gasteiger partial charge in [-0.25, -0.2) is 13.8 Å². The van der Waals surface area contributed by atoms with Crippen LogP contribution >= 0.6 is 27.5 Å². The Labute approximate surface area is 110 Å². The van der Waals surface area contributed by atoms with Crippen molar-refractivity contribution in [3.63, 3.8) is 0 Å². The second-order valence-corrected chi connectivity index (χ2v) is 4.27. The van der Waals surface area contributed by atoms with Gasteiger partial charge in [0.25, 0.3) is 6.43 Å². The van der Waals surface area contributed by atoms with E-state index in [0.29, 0.717) is 0 Å². The zero-order valence-electron chi connectivity index (χ0n) is 8.84. The number of hydrogen-bond acceptors (Lipinski definition) is 3. The first kappa shape index (κ1) is 14.3. The first-order valence-corrected chi connectivity index (χ1v) is 5.91. The molecule has 1 rings (SSSR count). The normalized spacial score (nSPS) is 10.7. The Morgan fingerprint density at radius 1 is 1.65 bits per heavy atom. The van der Waals surface area contributed by atoms with E-state index < -0.39 is 12.4 Å². The Hall–Kier alpha value is -0.750. The van der Waals surface area contributed by atoms with Gasteiger partial charge in [-0.2, -0.15) is 0 Å². The minimum atomic E-state index is -2.72. The molecule has 0 unspecified atom stereocenters. The lowest BCUT2D eigenvalue weighted by Crippen LogP contribution is -2.10. The fourth-order valence-corrected chi connectivity index (χ4v) is 1.90. The Bertz CT molecular complexity index is 429. The number of esters is 1. The van der Waals surface area contributed by atoms with E-state index in [2.05, 4.69) is 20.9 Å². The van der Waals surface area contributed by atoms with Gasteiger partial charge in [-0.15, -0.1) is 0 Å². The van der Waals surface area contributed by atoms with Gasteiger partial charge in [-0.3, -0.25) is 4.79 Å². The van der Waals surface area contributed by atoms with Gasteiger partial charge in [0.15, 0.2) is 0 Å². The summed E-state index contributed by atoms with van der Waals surface area (Å²) >= 11 is 8.74. The van der Waals surface area contributed by atoms with Crippen molar-refractivity contribution >= 4 is 33.5 Å². The summed E-state index contributed by atoms with van der Waals surface area (Å²) in [6.45, 7) is 1.87. The van der Waals surface area contributed by atoms with Crippen molar-refractivity contribution in [3.8, 4) is 0 Å². The van der Waals surface area contributed by atoms with E-state index in [1.165, 1.54) is 0 Å². The maximum absolute atomic E-state index is 12.6. The molecule has 0 atom stereocenters. The van der Waals surface area contributed by atoms with Crippen LogP contribution in [-0.4, -0.2) is 17.6 Å². The number of pyridine rings is 1. The Kier molecular flexibility index (Phi) is 5.27. The van der Waals surface area contributed by atoms with Crippen LogP contribution in [-0.2, 0) is 16.0 Å². The molecule has 0 aliphatic rings. The lowest BCUT2D eigenvalue weighted by molar-refractivity contribution is -0.142. The molecular weight excluding hydrogens is 319 g/mol. The Morgan fingerprint density at radius 2 is 2.29 bits per heavy atom. The van der Waals surface area contributed by atoms with Crippen LogP contribution in [0.25, 0.3) is 0 Å². The minimum absolute atomic E-state index is 0.0785. The van der Waals surface area contributed by atoms with Gasteiger partial charge in [0.1, 0.15) is 4.60 Å². The molecular formula is C10H9BrClF2NO2. The maximum Gasteiger partial charge on any atom is 0.311 e. The summed E-state index contributed by atoms with van der Waals surface area (Å²) < 4.78 is 30.2. The summed E-state index contributed by atoms with van der Waals surface area (Å²) in [5.74, 6) is -0.555. The summed E-state index contributed by atoms with van der Waals surface area (Å²) in [5.41, 5.74) is -0.275. The molecule has 7 heteroatoms. The van der Waals surface area contributed by atoms with Crippen LogP contribution in [0.5, 0.6) is 0 Å². The highest BCUT2D eigenvalue weighted by molar-refractivity contribution is 9.10. The SMILES string of the molecule is CCOC(=O)Cc1nc(Br)cc(C(F)F)c1Cl. The van der Waals surface area contributed by atoms with Gasteiger partial charge in [-0.05, 0) is 28.9 Å². The average Bonchev–Trinajstić information content (AvgIpc) is 2.22. The van der Waals surface area contributed by atoms with Crippen LogP contribution in [0.2, 0.25) is 5.02 Å². The van der Waals surface area contributed by atoms with Crippen molar-refractivity contribution in [2.24, 2.45) is 0 Å². The second kappa shape index (κ2) is 6.26. The van der Waals surface area contributed by atoms with E-state index in [4.69, 9.17) is 16.3 Å². The van der Waals surface area contributed by atoms with E-state index in [0.717, 1.165) is 6.07 Å². The quantitative estimate of drug-likeness (QED) is 0.627.